The van der Waals surface area contributed by atoms with Crippen molar-refractivity contribution in [3.05, 3.63) is 46.6 Å². The smallest absolute Gasteiger partial charge is 0.342 e. The molecule has 1 aromatic rings. The average molecular weight is 374 g/mol. The number of esters is 2. The molecule has 0 N–H and O–H groups in total. The Bertz CT molecular complexity index is 776. The van der Waals surface area contributed by atoms with E-state index in [9.17, 15) is 9.59 Å². The first-order valence-electron chi connectivity index (χ1n) is 8.80. The molecule has 0 saturated carbocycles. The standard InChI is InChI=1S/C21H26O6/c1-6-11-26-20-15(9-7-13(2)8-10-17(22)24-4)19(25-5)14(3)16-12-27-21(23)18(16)20/h6-7H,1,8-12H2,2-5H3/b13-7+. The Morgan fingerprint density at radius 3 is 2.63 bits per heavy atom. The van der Waals surface area contributed by atoms with Crippen molar-refractivity contribution in [1.82, 2.24) is 0 Å². The van der Waals surface area contributed by atoms with Gasteiger partial charge >= 0.3 is 11.9 Å². The molecule has 1 heterocycles. The summed E-state index contributed by atoms with van der Waals surface area (Å²) >= 11 is 0. The Balaban J connectivity index is 2.42. The van der Waals surface area contributed by atoms with E-state index in [1.807, 2.05) is 19.9 Å². The Hall–Kier alpha value is -2.76. The number of hydrogen-bond donors (Lipinski definition) is 0. The van der Waals surface area contributed by atoms with Gasteiger partial charge in [-0.2, -0.15) is 0 Å². The van der Waals surface area contributed by atoms with E-state index in [4.69, 9.17) is 14.2 Å². The van der Waals surface area contributed by atoms with Gasteiger partial charge in [-0.1, -0.05) is 24.3 Å². The Labute approximate surface area is 159 Å². The molecule has 146 valence electrons. The van der Waals surface area contributed by atoms with Crippen molar-refractivity contribution in [2.45, 2.75) is 39.7 Å². The lowest BCUT2D eigenvalue weighted by Gasteiger charge is -2.19. The molecule has 0 aliphatic carbocycles. The third-order valence-electron chi connectivity index (χ3n) is 4.58. The highest BCUT2D eigenvalue weighted by Gasteiger charge is 2.32. The van der Waals surface area contributed by atoms with Crippen LogP contribution >= 0.6 is 0 Å². The van der Waals surface area contributed by atoms with Crippen molar-refractivity contribution in [2.24, 2.45) is 0 Å². The summed E-state index contributed by atoms with van der Waals surface area (Å²) in [7, 11) is 2.98. The maximum Gasteiger partial charge on any atom is 0.342 e. The highest BCUT2D eigenvalue weighted by molar-refractivity contribution is 5.98. The topological polar surface area (TPSA) is 71.1 Å². The van der Waals surface area contributed by atoms with Gasteiger partial charge in [0, 0.05) is 17.5 Å². The van der Waals surface area contributed by atoms with Crippen LogP contribution in [0.4, 0.5) is 0 Å². The highest BCUT2D eigenvalue weighted by atomic mass is 16.5. The van der Waals surface area contributed by atoms with Gasteiger partial charge in [0.15, 0.2) is 0 Å². The van der Waals surface area contributed by atoms with Crippen LogP contribution in [0.1, 0.15) is 46.8 Å². The monoisotopic (exact) mass is 374 g/mol. The van der Waals surface area contributed by atoms with Crippen molar-refractivity contribution in [1.29, 1.82) is 0 Å². The number of cyclic esters (lactones) is 1. The normalized spacial score (nSPS) is 13.0. The summed E-state index contributed by atoms with van der Waals surface area (Å²) in [6, 6.07) is 0. The van der Waals surface area contributed by atoms with Gasteiger partial charge in [0.05, 0.1) is 14.2 Å². The van der Waals surface area contributed by atoms with Gasteiger partial charge in [0.2, 0.25) is 0 Å². The van der Waals surface area contributed by atoms with Crippen molar-refractivity contribution < 1.29 is 28.5 Å². The van der Waals surface area contributed by atoms with Gasteiger partial charge in [-0.05, 0) is 32.3 Å². The Kier molecular flexibility index (Phi) is 7.05. The summed E-state index contributed by atoms with van der Waals surface area (Å²) in [5.41, 5.74) is 3.96. The first-order chi connectivity index (χ1) is 12.9. The van der Waals surface area contributed by atoms with Gasteiger partial charge in [0.25, 0.3) is 0 Å². The number of ether oxygens (including phenoxy) is 4. The van der Waals surface area contributed by atoms with Crippen molar-refractivity contribution in [3.63, 3.8) is 0 Å². The van der Waals surface area contributed by atoms with Crippen LogP contribution in [0.15, 0.2) is 24.3 Å². The molecular weight excluding hydrogens is 348 g/mol. The predicted molar refractivity (Wildman–Crippen MR) is 101 cm³/mol. The lowest BCUT2D eigenvalue weighted by Crippen LogP contribution is -2.08. The fraction of sp³-hybridized carbons (Fsp3) is 0.429. The van der Waals surface area contributed by atoms with Crippen molar-refractivity contribution in [2.75, 3.05) is 20.8 Å². The minimum atomic E-state index is -0.387. The van der Waals surface area contributed by atoms with Gasteiger partial charge in [-0.15, -0.1) is 0 Å². The van der Waals surface area contributed by atoms with E-state index in [1.165, 1.54) is 7.11 Å². The number of fused-ring (bicyclic) bond motifs is 1. The zero-order valence-corrected chi connectivity index (χ0v) is 16.3. The number of allylic oxidation sites excluding steroid dienone is 2. The maximum atomic E-state index is 12.3. The van der Waals surface area contributed by atoms with Gasteiger partial charge in [0.1, 0.15) is 30.3 Å². The lowest BCUT2D eigenvalue weighted by molar-refractivity contribution is -0.140. The summed E-state index contributed by atoms with van der Waals surface area (Å²) in [5.74, 6) is 0.531. The van der Waals surface area contributed by atoms with E-state index < -0.39 is 0 Å². The summed E-state index contributed by atoms with van der Waals surface area (Å²) in [4.78, 5) is 23.6. The second-order valence-corrected chi connectivity index (χ2v) is 6.33. The van der Waals surface area contributed by atoms with Gasteiger partial charge in [-0.3, -0.25) is 4.79 Å². The van der Waals surface area contributed by atoms with Crippen LogP contribution < -0.4 is 9.47 Å². The van der Waals surface area contributed by atoms with E-state index in [0.717, 1.165) is 22.3 Å². The summed E-state index contributed by atoms with van der Waals surface area (Å²) in [5, 5.41) is 0. The van der Waals surface area contributed by atoms with Crippen LogP contribution in [0, 0.1) is 6.92 Å². The van der Waals surface area contributed by atoms with Crippen LogP contribution in [-0.2, 0) is 27.3 Å². The first kappa shape index (κ1) is 20.6. The molecule has 27 heavy (non-hydrogen) atoms. The van der Waals surface area contributed by atoms with Crippen molar-refractivity contribution in [3.8, 4) is 11.5 Å². The van der Waals surface area contributed by atoms with Crippen LogP contribution in [0.25, 0.3) is 0 Å². The van der Waals surface area contributed by atoms with Crippen LogP contribution in [0.3, 0.4) is 0 Å². The Morgan fingerprint density at radius 2 is 2.00 bits per heavy atom. The first-order valence-corrected chi connectivity index (χ1v) is 8.80. The zero-order valence-electron chi connectivity index (χ0n) is 16.3. The molecule has 1 aliphatic heterocycles. The van der Waals surface area contributed by atoms with Gasteiger partial charge in [-0.25, -0.2) is 4.79 Å². The maximum absolute atomic E-state index is 12.3. The number of carbonyl (C=O) groups excluding carboxylic acids is 2. The third kappa shape index (κ3) is 4.51. The van der Waals surface area contributed by atoms with E-state index in [0.29, 0.717) is 36.3 Å². The molecule has 1 aliphatic rings. The average Bonchev–Trinajstić information content (AvgIpc) is 3.05. The summed E-state index contributed by atoms with van der Waals surface area (Å²) in [6.45, 7) is 8.02. The van der Waals surface area contributed by atoms with E-state index >= 15 is 0 Å². The Morgan fingerprint density at radius 1 is 1.26 bits per heavy atom. The molecule has 0 radical (unpaired) electrons. The predicted octanol–water partition coefficient (Wildman–Crippen LogP) is 3.68. The molecule has 6 heteroatoms. The third-order valence-corrected chi connectivity index (χ3v) is 4.58. The quantitative estimate of drug-likeness (QED) is 0.485. The number of hydrogen-bond acceptors (Lipinski definition) is 6. The molecule has 0 bridgehead atoms. The molecule has 0 fully saturated rings. The molecule has 0 saturated heterocycles. The molecule has 0 aromatic heterocycles. The van der Waals surface area contributed by atoms with E-state index in [2.05, 4.69) is 11.3 Å². The summed E-state index contributed by atoms with van der Waals surface area (Å²) in [6.07, 6.45) is 5.06. The number of carbonyl (C=O) groups is 2. The fourth-order valence-corrected chi connectivity index (χ4v) is 3.09. The molecule has 0 atom stereocenters. The highest BCUT2D eigenvalue weighted by Crippen LogP contribution is 2.42. The molecule has 0 spiro atoms. The van der Waals surface area contributed by atoms with E-state index in [1.54, 1.807) is 13.2 Å². The molecule has 6 nitrogen and oxygen atoms in total. The van der Waals surface area contributed by atoms with Crippen LogP contribution in [-0.4, -0.2) is 32.8 Å². The lowest BCUT2D eigenvalue weighted by atomic mass is 9.94. The molecule has 2 rings (SSSR count). The zero-order chi connectivity index (χ0) is 20.0. The molecule has 0 unspecified atom stereocenters. The molecule has 0 amide bonds. The fourth-order valence-electron chi connectivity index (χ4n) is 3.09. The molecular formula is C21H26O6. The minimum Gasteiger partial charge on any atom is -0.496 e. The number of rotatable bonds is 9. The van der Waals surface area contributed by atoms with Gasteiger partial charge < -0.3 is 18.9 Å². The second-order valence-electron chi connectivity index (χ2n) is 6.33. The number of benzene rings is 1. The largest absolute Gasteiger partial charge is 0.496 e. The van der Waals surface area contributed by atoms with Crippen LogP contribution in [0.5, 0.6) is 11.5 Å². The van der Waals surface area contributed by atoms with Crippen LogP contribution in [0.2, 0.25) is 0 Å². The SMILES string of the molecule is C=CCOc1c(C/C=C(\C)CCC(=O)OC)c(OC)c(C)c2c1C(=O)OC2. The minimum absolute atomic E-state index is 0.217. The number of methoxy groups -OCH3 is 2. The summed E-state index contributed by atoms with van der Waals surface area (Å²) < 4.78 is 21.4. The van der Waals surface area contributed by atoms with E-state index in [-0.39, 0.29) is 25.2 Å². The second kappa shape index (κ2) is 9.26. The molecule has 1 aromatic carbocycles. The van der Waals surface area contributed by atoms with Crippen molar-refractivity contribution >= 4 is 11.9 Å².